The van der Waals surface area contributed by atoms with Crippen LogP contribution < -0.4 is 9.47 Å². The molecule has 6 heteroatoms. The van der Waals surface area contributed by atoms with Gasteiger partial charge in [-0.3, -0.25) is 4.79 Å². The van der Waals surface area contributed by atoms with Gasteiger partial charge in [-0.15, -0.1) is 0 Å². The van der Waals surface area contributed by atoms with Crippen molar-refractivity contribution in [3.8, 4) is 11.5 Å². The molecule has 0 saturated carbocycles. The number of ether oxygens (including phenoxy) is 2. The average Bonchev–Trinajstić information content (AvgIpc) is 2.95. The number of carbonyl (C=O) groups is 2. The molecule has 0 spiro atoms. The van der Waals surface area contributed by atoms with E-state index in [0.717, 1.165) is 0 Å². The summed E-state index contributed by atoms with van der Waals surface area (Å²) in [5.41, 5.74) is 0.319. The molecule has 0 bridgehead atoms. The molecule has 1 aliphatic rings. The van der Waals surface area contributed by atoms with Crippen molar-refractivity contribution in [3.63, 3.8) is 0 Å². The maximum absolute atomic E-state index is 12.5. The lowest BCUT2D eigenvalue weighted by Crippen LogP contribution is -2.40. The SMILES string of the molecule is COc1ccc(OC)c(C(=O)N2CCCC2C(=O)O)c1. The molecular weight excluding hydrogens is 262 g/mol. The van der Waals surface area contributed by atoms with Crippen molar-refractivity contribution in [2.45, 2.75) is 18.9 Å². The molecule has 1 heterocycles. The van der Waals surface area contributed by atoms with E-state index in [-0.39, 0.29) is 5.91 Å². The van der Waals surface area contributed by atoms with Crippen LogP contribution in [0.3, 0.4) is 0 Å². The summed E-state index contributed by atoms with van der Waals surface area (Å²) >= 11 is 0. The third-order valence-corrected chi connectivity index (χ3v) is 3.44. The van der Waals surface area contributed by atoms with E-state index in [9.17, 15) is 9.59 Å². The first-order valence-electron chi connectivity index (χ1n) is 6.34. The highest BCUT2D eigenvalue weighted by Gasteiger charge is 2.35. The molecule has 108 valence electrons. The van der Waals surface area contributed by atoms with Crippen molar-refractivity contribution in [3.05, 3.63) is 23.8 Å². The minimum Gasteiger partial charge on any atom is -0.497 e. The monoisotopic (exact) mass is 279 g/mol. The van der Waals surface area contributed by atoms with Crippen molar-refractivity contribution in [2.24, 2.45) is 0 Å². The lowest BCUT2D eigenvalue weighted by atomic mass is 10.1. The van der Waals surface area contributed by atoms with Crippen LogP contribution in [0.4, 0.5) is 0 Å². The van der Waals surface area contributed by atoms with E-state index in [1.807, 2.05) is 0 Å². The molecule has 2 rings (SSSR count). The molecule has 1 saturated heterocycles. The number of hydrogen-bond donors (Lipinski definition) is 1. The molecule has 1 aromatic rings. The van der Waals surface area contributed by atoms with Crippen LogP contribution in [0.5, 0.6) is 11.5 Å². The molecule has 1 unspecified atom stereocenters. The standard InChI is InChI=1S/C14H17NO5/c1-19-9-5-6-12(20-2)10(8-9)13(16)15-7-3-4-11(15)14(17)18/h5-6,8,11H,3-4,7H2,1-2H3,(H,17,18). The topological polar surface area (TPSA) is 76.1 Å². The number of aliphatic carboxylic acids is 1. The second-order valence-electron chi connectivity index (χ2n) is 4.56. The smallest absolute Gasteiger partial charge is 0.326 e. The van der Waals surface area contributed by atoms with Gasteiger partial charge in [0.15, 0.2) is 0 Å². The van der Waals surface area contributed by atoms with Crippen LogP contribution in [-0.4, -0.2) is 48.7 Å². The van der Waals surface area contributed by atoms with Gasteiger partial charge in [-0.05, 0) is 31.0 Å². The molecule has 0 aromatic heterocycles. The van der Waals surface area contributed by atoms with Gasteiger partial charge in [0.25, 0.3) is 5.91 Å². The fourth-order valence-electron chi connectivity index (χ4n) is 2.40. The molecule has 1 fully saturated rings. The molecule has 1 amide bonds. The van der Waals surface area contributed by atoms with E-state index in [1.54, 1.807) is 18.2 Å². The molecular formula is C14H17NO5. The Balaban J connectivity index is 2.34. The largest absolute Gasteiger partial charge is 0.497 e. The number of carboxylic acid groups (broad SMARTS) is 1. The van der Waals surface area contributed by atoms with Gasteiger partial charge < -0.3 is 19.5 Å². The maximum Gasteiger partial charge on any atom is 0.326 e. The fraction of sp³-hybridized carbons (Fsp3) is 0.429. The maximum atomic E-state index is 12.5. The summed E-state index contributed by atoms with van der Waals surface area (Å²) < 4.78 is 10.3. The molecule has 0 radical (unpaired) electrons. The second-order valence-corrected chi connectivity index (χ2v) is 4.56. The van der Waals surface area contributed by atoms with Crippen LogP contribution in [0.2, 0.25) is 0 Å². The van der Waals surface area contributed by atoms with Crippen LogP contribution >= 0.6 is 0 Å². The van der Waals surface area contributed by atoms with Crippen molar-refractivity contribution in [2.75, 3.05) is 20.8 Å². The summed E-state index contributed by atoms with van der Waals surface area (Å²) in [7, 11) is 2.98. The number of carbonyl (C=O) groups excluding carboxylic acids is 1. The summed E-state index contributed by atoms with van der Waals surface area (Å²) in [5, 5.41) is 9.16. The highest BCUT2D eigenvalue weighted by Crippen LogP contribution is 2.28. The van der Waals surface area contributed by atoms with Gasteiger partial charge in [0, 0.05) is 6.54 Å². The van der Waals surface area contributed by atoms with Gasteiger partial charge in [0.1, 0.15) is 17.5 Å². The van der Waals surface area contributed by atoms with Crippen molar-refractivity contribution in [1.82, 2.24) is 4.90 Å². The van der Waals surface area contributed by atoms with E-state index in [0.29, 0.717) is 36.4 Å². The number of carboxylic acids is 1. The first-order chi connectivity index (χ1) is 9.58. The van der Waals surface area contributed by atoms with Crippen LogP contribution in [-0.2, 0) is 4.79 Å². The number of amides is 1. The van der Waals surface area contributed by atoms with Crippen LogP contribution in [0, 0.1) is 0 Å². The van der Waals surface area contributed by atoms with Crippen molar-refractivity contribution in [1.29, 1.82) is 0 Å². The Morgan fingerprint density at radius 1 is 1.30 bits per heavy atom. The quantitative estimate of drug-likeness (QED) is 0.901. The lowest BCUT2D eigenvalue weighted by Gasteiger charge is -2.22. The van der Waals surface area contributed by atoms with E-state index in [4.69, 9.17) is 14.6 Å². The third kappa shape index (κ3) is 2.54. The molecule has 1 N–H and O–H groups in total. The molecule has 20 heavy (non-hydrogen) atoms. The number of hydrogen-bond acceptors (Lipinski definition) is 4. The van der Waals surface area contributed by atoms with Gasteiger partial charge in [-0.1, -0.05) is 0 Å². The first-order valence-corrected chi connectivity index (χ1v) is 6.34. The number of methoxy groups -OCH3 is 2. The zero-order chi connectivity index (χ0) is 14.7. The predicted octanol–water partition coefficient (Wildman–Crippen LogP) is 1.39. The molecule has 1 atom stereocenters. The number of rotatable bonds is 4. The Kier molecular flexibility index (Phi) is 4.12. The van der Waals surface area contributed by atoms with E-state index >= 15 is 0 Å². The highest BCUT2D eigenvalue weighted by atomic mass is 16.5. The van der Waals surface area contributed by atoms with E-state index in [1.165, 1.54) is 19.1 Å². The summed E-state index contributed by atoms with van der Waals surface area (Å²) in [4.78, 5) is 25.1. The molecule has 0 aliphatic carbocycles. The Morgan fingerprint density at radius 2 is 2.05 bits per heavy atom. The number of likely N-dealkylation sites (tertiary alicyclic amines) is 1. The Labute approximate surface area is 116 Å². The number of benzene rings is 1. The van der Waals surface area contributed by atoms with Gasteiger partial charge >= 0.3 is 5.97 Å². The average molecular weight is 279 g/mol. The van der Waals surface area contributed by atoms with E-state index < -0.39 is 12.0 Å². The minimum atomic E-state index is -0.974. The summed E-state index contributed by atoms with van der Waals surface area (Å²) in [5.74, 6) is -0.379. The summed E-state index contributed by atoms with van der Waals surface area (Å²) in [6.45, 7) is 0.441. The van der Waals surface area contributed by atoms with Crippen molar-refractivity contribution >= 4 is 11.9 Å². The normalized spacial score (nSPS) is 17.9. The Morgan fingerprint density at radius 3 is 2.65 bits per heavy atom. The molecule has 6 nitrogen and oxygen atoms in total. The van der Waals surface area contributed by atoms with E-state index in [2.05, 4.69) is 0 Å². The minimum absolute atomic E-state index is 0.319. The number of nitrogens with zero attached hydrogens (tertiary/aromatic N) is 1. The predicted molar refractivity (Wildman–Crippen MR) is 71.2 cm³/mol. The fourth-order valence-corrected chi connectivity index (χ4v) is 2.40. The van der Waals surface area contributed by atoms with Gasteiger partial charge in [0.05, 0.1) is 19.8 Å². The van der Waals surface area contributed by atoms with Crippen LogP contribution in [0.25, 0.3) is 0 Å². The third-order valence-electron chi connectivity index (χ3n) is 3.44. The summed E-state index contributed by atoms with van der Waals surface area (Å²) in [6, 6.07) is 4.13. The Hall–Kier alpha value is -2.24. The molecule has 1 aliphatic heterocycles. The van der Waals surface area contributed by atoms with Gasteiger partial charge in [-0.25, -0.2) is 4.79 Å². The van der Waals surface area contributed by atoms with Crippen molar-refractivity contribution < 1.29 is 24.2 Å². The first kappa shape index (κ1) is 14.2. The highest BCUT2D eigenvalue weighted by molar-refractivity contribution is 5.99. The lowest BCUT2D eigenvalue weighted by molar-refractivity contribution is -0.141. The zero-order valence-corrected chi connectivity index (χ0v) is 11.5. The van der Waals surface area contributed by atoms with Gasteiger partial charge in [-0.2, -0.15) is 0 Å². The molecule has 1 aromatic carbocycles. The summed E-state index contributed by atoms with van der Waals surface area (Å²) in [6.07, 6.45) is 1.17. The van der Waals surface area contributed by atoms with Crippen LogP contribution in [0.1, 0.15) is 23.2 Å². The van der Waals surface area contributed by atoms with Gasteiger partial charge in [0.2, 0.25) is 0 Å². The second kappa shape index (κ2) is 5.81. The van der Waals surface area contributed by atoms with Crippen LogP contribution in [0.15, 0.2) is 18.2 Å². The Bertz CT molecular complexity index is 528. The zero-order valence-electron chi connectivity index (χ0n) is 11.5.